The summed E-state index contributed by atoms with van der Waals surface area (Å²) in [5, 5.41) is 9.30. The molecule has 12 heavy (non-hydrogen) atoms. The van der Waals surface area contributed by atoms with Crippen LogP contribution in [0.3, 0.4) is 0 Å². The third-order valence-corrected chi connectivity index (χ3v) is 2.45. The van der Waals surface area contributed by atoms with Crippen LogP contribution in [0, 0.1) is 0 Å². The van der Waals surface area contributed by atoms with Crippen molar-refractivity contribution in [3.63, 3.8) is 0 Å². The van der Waals surface area contributed by atoms with Gasteiger partial charge in [-0.1, -0.05) is 12.1 Å². The number of hydrogen-bond donors (Lipinski definition) is 1. The fraction of sp³-hybridized carbons (Fsp3) is 0.222. The molecule has 0 aromatic heterocycles. The van der Waals surface area contributed by atoms with Crippen molar-refractivity contribution in [1.82, 2.24) is 0 Å². The Morgan fingerprint density at radius 3 is 2.83 bits per heavy atom. The molecule has 1 N–H and O–H groups in total. The van der Waals surface area contributed by atoms with E-state index >= 15 is 0 Å². The summed E-state index contributed by atoms with van der Waals surface area (Å²) >= 11 is 1.49. The molecule has 1 aromatic carbocycles. The summed E-state index contributed by atoms with van der Waals surface area (Å²) in [4.78, 5) is 10.8. The van der Waals surface area contributed by atoms with E-state index in [2.05, 4.69) is 0 Å². The number of benzene rings is 1. The van der Waals surface area contributed by atoms with Gasteiger partial charge in [-0.3, -0.25) is 0 Å². The monoisotopic (exact) mass is 182 g/mol. The second-order valence-corrected chi connectivity index (χ2v) is 3.41. The molecule has 0 fully saturated rings. The maximum Gasteiger partial charge on any atom is 0.129 e. The number of rotatable bonds is 4. The molecule has 0 saturated heterocycles. The Morgan fingerprint density at radius 2 is 2.17 bits per heavy atom. The zero-order valence-corrected chi connectivity index (χ0v) is 7.38. The first-order valence-corrected chi connectivity index (χ1v) is 4.67. The van der Waals surface area contributed by atoms with E-state index in [-0.39, 0.29) is 5.75 Å². The molecule has 0 heterocycles. The van der Waals surface area contributed by atoms with Gasteiger partial charge in [0.25, 0.3) is 0 Å². The minimum Gasteiger partial charge on any atom is -0.507 e. The van der Waals surface area contributed by atoms with Crippen LogP contribution in [0.5, 0.6) is 5.75 Å². The fourth-order valence-corrected chi connectivity index (χ4v) is 1.62. The quantitative estimate of drug-likeness (QED) is 0.440. The lowest BCUT2D eigenvalue weighted by Crippen LogP contribution is -1.80. The topological polar surface area (TPSA) is 37.3 Å². The minimum atomic E-state index is 0.286. The van der Waals surface area contributed by atoms with Gasteiger partial charge in [-0.15, -0.1) is 11.8 Å². The first-order chi connectivity index (χ1) is 5.84. The molecule has 0 aliphatic rings. The van der Waals surface area contributed by atoms with E-state index in [4.69, 9.17) is 0 Å². The summed E-state index contributed by atoms with van der Waals surface area (Å²) in [6.45, 7) is 0. The highest BCUT2D eigenvalue weighted by molar-refractivity contribution is 7.99. The Kier molecular flexibility index (Phi) is 3.67. The highest BCUT2D eigenvalue weighted by Gasteiger charge is 1.98. The van der Waals surface area contributed by atoms with E-state index in [1.807, 2.05) is 12.1 Å². The number of carbonyl (C=O) groups excluding carboxylic acids is 1. The van der Waals surface area contributed by atoms with Gasteiger partial charge in [-0.25, -0.2) is 0 Å². The van der Waals surface area contributed by atoms with Crippen LogP contribution in [-0.4, -0.2) is 17.1 Å². The van der Waals surface area contributed by atoms with Crippen LogP contribution in [0.15, 0.2) is 29.2 Å². The van der Waals surface area contributed by atoms with Gasteiger partial charge in [0.2, 0.25) is 0 Å². The van der Waals surface area contributed by atoms with Crippen LogP contribution in [0.2, 0.25) is 0 Å². The second-order valence-electron chi connectivity index (χ2n) is 2.27. The molecule has 1 aromatic rings. The predicted octanol–water partition coefficient (Wildman–Crippen LogP) is 2.07. The van der Waals surface area contributed by atoms with Gasteiger partial charge in [-0.2, -0.15) is 0 Å². The molecule has 0 atom stereocenters. The van der Waals surface area contributed by atoms with Gasteiger partial charge in [0, 0.05) is 17.1 Å². The van der Waals surface area contributed by atoms with Gasteiger partial charge in [0.05, 0.1) is 0 Å². The third kappa shape index (κ3) is 2.58. The molecule has 64 valence electrons. The van der Waals surface area contributed by atoms with E-state index in [0.29, 0.717) is 6.42 Å². The van der Waals surface area contributed by atoms with Crippen molar-refractivity contribution in [2.24, 2.45) is 0 Å². The van der Waals surface area contributed by atoms with Gasteiger partial charge in [0.1, 0.15) is 12.0 Å². The highest BCUT2D eigenvalue weighted by Crippen LogP contribution is 2.27. The number of phenols is 1. The molecule has 0 saturated carbocycles. The number of aromatic hydroxyl groups is 1. The molecule has 0 spiro atoms. The van der Waals surface area contributed by atoms with Crippen LogP contribution < -0.4 is 0 Å². The third-order valence-electron chi connectivity index (χ3n) is 1.36. The number of aldehydes is 1. The zero-order chi connectivity index (χ0) is 8.81. The molecule has 0 bridgehead atoms. The molecule has 2 nitrogen and oxygen atoms in total. The second kappa shape index (κ2) is 4.83. The largest absolute Gasteiger partial charge is 0.507 e. The molecule has 0 aliphatic heterocycles. The molecule has 3 heteroatoms. The van der Waals surface area contributed by atoms with Crippen molar-refractivity contribution < 1.29 is 9.90 Å². The number of para-hydroxylation sites is 1. The van der Waals surface area contributed by atoms with Crippen LogP contribution in [0.25, 0.3) is 0 Å². The minimum absolute atomic E-state index is 0.286. The summed E-state index contributed by atoms with van der Waals surface area (Å²) in [7, 11) is 0. The summed E-state index contributed by atoms with van der Waals surface area (Å²) in [5.74, 6) is 1.01. The lowest BCUT2D eigenvalue weighted by atomic mass is 10.3. The maximum atomic E-state index is 10.0. The Labute approximate surface area is 75.6 Å². The summed E-state index contributed by atoms with van der Waals surface area (Å²) in [5.41, 5.74) is 0. The molecule has 1 rings (SSSR count). The van der Waals surface area contributed by atoms with E-state index in [9.17, 15) is 9.90 Å². The van der Waals surface area contributed by atoms with Gasteiger partial charge in [0.15, 0.2) is 0 Å². The van der Waals surface area contributed by atoms with Crippen molar-refractivity contribution >= 4 is 18.0 Å². The number of phenolic OH excluding ortho intramolecular Hbond substituents is 1. The smallest absolute Gasteiger partial charge is 0.129 e. The van der Waals surface area contributed by atoms with E-state index in [0.717, 1.165) is 16.9 Å². The van der Waals surface area contributed by atoms with Gasteiger partial charge in [-0.05, 0) is 12.1 Å². The zero-order valence-electron chi connectivity index (χ0n) is 6.56. The number of hydrogen-bond acceptors (Lipinski definition) is 3. The van der Waals surface area contributed by atoms with Gasteiger partial charge < -0.3 is 9.90 Å². The fourth-order valence-electron chi connectivity index (χ4n) is 0.796. The van der Waals surface area contributed by atoms with Crippen LogP contribution in [0.4, 0.5) is 0 Å². The predicted molar refractivity (Wildman–Crippen MR) is 49.5 cm³/mol. The van der Waals surface area contributed by atoms with E-state index in [1.165, 1.54) is 11.8 Å². The Morgan fingerprint density at radius 1 is 1.42 bits per heavy atom. The number of thioether (sulfide) groups is 1. The Bertz CT molecular complexity index is 260. The first-order valence-electron chi connectivity index (χ1n) is 3.69. The SMILES string of the molecule is O=CCCSc1ccccc1O. The summed E-state index contributed by atoms with van der Waals surface area (Å²) in [6, 6.07) is 7.12. The molecular formula is C9H10O2S. The van der Waals surface area contributed by atoms with Crippen LogP contribution >= 0.6 is 11.8 Å². The summed E-state index contributed by atoms with van der Waals surface area (Å²) < 4.78 is 0. The Hall–Kier alpha value is -0.960. The first kappa shape index (κ1) is 9.13. The average molecular weight is 182 g/mol. The van der Waals surface area contributed by atoms with Crippen molar-refractivity contribution in [3.8, 4) is 5.75 Å². The van der Waals surface area contributed by atoms with Crippen LogP contribution in [0.1, 0.15) is 6.42 Å². The van der Waals surface area contributed by atoms with Crippen LogP contribution in [-0.2, 0) is 4.79 Å². The van der Waals surface area contributed by atoms with E-state index in [1.54, 1.807) is 12.1 Å². The van der Waals surface area contributed by atoms with E-state index < -0.39 is 0 Å². The lowest BCUT2D eigenvalue weighted by molar-refractivity contribution is -0.107. The lowest BCUT2D eigenvalue weighted by Gasteiger charge is -2.00. The highest BCUT2D eigenvalue weighted by atomic mass is 32.2. The molecule has 0 radical (unpaired) electrons. The molecular weight excluding hydrogens is 172 g/mol. The van der Waals surface area contributed by atoms with Gasteiger partial charge >= 0.3 is 0 Å². The molecule has 0 amide bonds. The van der Waals surface area contributed by atoms with Crippen molar-refractivity contribution in [2.45, 2.75) is 11.3 Å². The standard InChI is InChI=1S/C9H10O2S/c10-6-3-7-12-9-5-2-1-4-8(9)11/h1-2,4-6,11H,3,7H2. The Balaban J connectivity index is 2.51. The van der Waals surface area contributed by atoms with Crippen molar-refractivity contribution in [2.75, 3.05) is 5.75 Å². The average Bonchev–Trinajstić information content (AvgIpc) is 2.09. The van der Waals surface area contributed by atoms with Crippen molar-refractivity contribution in [1.29, 1.82) is 0 Å². The molecule has 0 aliphatic carbocycles. The normalized spacial score (nSPS) is 9.67. The number of carbonyl (C=O) groups is 1. The summed E-state index contributed by atoms with van der Waals surface area (Å²) in [6.07, 6.45) is 1.41. The molecule has 0 unspecified atom stereocenters. The maximum absolute atomic E-state index is 10.0. The van der Waals surface area contributed by atoms with Crippen molar-refractivity contribution in [3.05, 3.63) is 24.3 Å².